The van der Waals surface area contributed by atoms with Gasteiger partial charge in [-0.25, -0.2) is 0 Å². The van der Waals surface area contributed by atoms with E-state index in [4.69, 9.17) is 14.2 Å². The Kier molecular flexibility index (Phi) is 5.33. The zero-order valence-electron chi connectivity index (χ0n) is 16.0. The number of esters is 1. The minimum absolute atomic E-state index is 0.117. The molecule has 1 aliphatic rings. The van der Waals surface area contributed by atoms with Crippen molar-refractivity contribution in [3.05, 3.63) is 71.8 Å². The zero-order valence-corrected chi connectivity index (χ0v) is 16.0. The maximum Gasteiger partial charge on any atom is 0.310 e. The Balaban J connectivity index is 1.30. The van der Waals surface area contributed by atoms with Crippen LogP contribution in [0.2, 0.25) is 0 Å². The molecule has 0 aromatic heterocycles. The van der Waals surface area contributed by atoms with Crippen molar-refractivity contribution in [2.24, 2.45) is 0 Å². The van der Waals surface area contributed by atoms with Crippen LogP contribution in [-0.4, -0.2) is 25.3 Å². The van der Waals surface area contributed by atoms with Crippen LogP contribution in [0.5, 0.6) is 11.5 Å². The first-order valence-electron chi connectivity index (χ1n) is 9.41. The summed E-state index contributed by atoms with van der Waals surface area (Å²) in [4.78, 5) is 24.4. The predicted molar refractivity (Wildman–Crippen MR) is 108 cm³/mol. The van der Waals surface area contributed by atoms with Gasteiger partial charge in [0, 0.05) is 0 Å². The van der Waals surface area contributed by atoms with Crippen LogP contribution < -0.4 is 14.8 Å². The number of hydrogen-bond donors (Lipinski definition) is 1. The number of carbonyl (C=O) groups is 2. The number of fused-ring (bicyclic) bond motifs is 2. The Morgan fingerprint density at radius 1 is 1.03 bits per heavy atom. The summed E-state index contributed by atoms with van der Waals surface area (Å²) >= 11 is 0. The highest BCUT2D eigenvalue weighted by Gasteiger charge is 2.17. The molecule has 0 spiro atoms. The van der Waals surface area contributed by atoms with E-state index < -0.39 is 5.97 Å². The van der Waals surface area contributed by atoms with E-state index in [0.717, 1.165) is 21.9 Å². The van der Waals surface area contributed by atoms with Crippen molar-refractivity contribution in [1.82, 2.24) is 5.32 Å². The molecule has 3 aromatic carbocycles. The molecule has 1 aliphatic heterocycles. The number of benzene rings is 3. The van der Waals surface area contributed by atoms with Crippen LogP contribution in [0.3, 0.4) is 0 Å². The van der Waals surface area contributed by atoms with Crippen LogP contribution in [0.4, 0.5) is 0 Å². The Hall–Kier alpha value is -3.54. The van der Waals surface area contributed by atoms with E-state index in [1.165, 1.54) is 0 Å². The summed E-state index contributed by atoms with van der Waals surface area (Å²) in [6, 6.07) is 18.9. The van der Waals surface area contributed by atoms with E-state index in [1.54, 1.807) is 0 Å². The number of amides is 1. The summed E-state index contributed by atoms with van der Waals surface area (Å²) < 4.78 is 15.8. The molecule has 1 N–H and O–H groups in total. The van der Waals surface area contributed by atoms with E-state index in [0.29, 0.717) is 11.5 Å². The number of hydrogen-bond acceptors (Lipinski definition) is 5. The van der Waals surface area contributed by atoms with Crippen molar-refractivity contribution in [2.75, 3.05) is 13.4 Å². The van der Waals surface area contributed by atoms with Gasteiger partial charge in [0.15, 0.2) is 18.1 Å². The quantitative estimate of drug-likeness (QED) is 0.651. The van der Waals surface area contributed by atoms with Gasteiger partial charge >= 0.3 is 5.97 Å². The fraction of sp³-hybridized carbons (Fsp3) is 0.217. The molecule has 0 aliphatic carbocycles. The zero-order chi connectivity index (χ0) is 20.2. The standard InChI is InChI=1S/C23H21NO5/c1-15(17-9-10-20-21(11-17)29-14-28-20)24-22(25)13-27-23(26)12-18-7-4-6-16-5-2-3-8-19(16)18/h2-11,15H,12-14H2,1H3,(H,24,25)/t15-/m0/s1. The minimum Gasteiger partial charge on any atom is -0.455 e. The smallest absolute Gasteiger partial charge is 0.310 e. The second-order valence-corrected chi connectivity index (χ2v) is 6.88. The van der Waals surface area contributed by atoms with Crippen LogP contribution in [-0.2, 0) is 20.7 Å². The predicted octanol–water partition coefficient (Wildman–Crippen LogP) is 3.53. The second kappa shape index (κ2) is 8.22. The third kappa shape index (κ3) is 4.32. The highest BCUT2D eigenvalue weighted by Crippen LogP contribution is 2.34. The maximum absolute atomic E-state index is 12.2. The van der Waals surface area contributed by atoms with Crippen LogP contribution in [0, 0.1) is 0 Å². The lowest BCUT2D eigenvalue weighted by Gasteiger charge is -2.15. The van der Waals surface area contributed by atoms with Crippen molar-refractivity contribution < 1.29 is 23.8 Å². The fourth-order valence-electron chi connectivity index (χ4n) is 3.35. The molecule has 0 saturated carbocycles. The van der Waals surface area contributed by atoms with E-state index in [9.17, 15) is 9.59 Å². The molecule has 4 rings (SSSR count). The number of carbonyl (C=O) groups excluding carboxylic acids is 2. The monoisotopic (exact) mass is 391 g/mol. The molecular formula is C23H21NO5. The molecule has 0 unspecified atom stereocenters. The first-order chi connectivity index (χ1) is 14.1. The van der Waals surface area contributed by atoms with Crippen LogP contribution in [0.15, 0.2) is 60.7 Å². The van der Waals surface area contributed by atoms with Gasteiger partial charge in [-0.3, -0.25) is 9.59 Å². The Morgan fingerprint density at radius 3 is 2.72 bits per heavy atom. The topological polar surface area (TPSA) is 73.9 Å². The average molecular weight is 391 g/mol. The average Bonchev–Trinajstić information content (AvgIpc) is 3.20. The van der Waals surface area contributed by atoms with Gasteiger partial charge in [0.2, 0.25) is 6.79 Å². The number of rotatable bonds is 6. The molecule has 3 aromatic rings. The number of nitrogens with one attached hydrogen (secondary N) is 1. The summed E-state index contributed by atoms with van der Waals surface area (Å²) in [6.45, 7) is 1.73. The molecule has 29 heavy (non-hydrogen) atoms. The van der Waals surface area contributed by atoms with Gasteiger partial charge in [-0.1, -0.05) is 48.5 Å². The van der Waals surface area contributed by atoms with Crippen LogP contribution in [0.25, 0.3) is 10.8 Å². The van der Waals surface area contributed by atoms with Gasteiger partial charge in [-0.05, 0) is 41.0 Å². The molecule has 1 atom stereocenters. The molecule has 1 heterocycles. The largest absolute Gasteiger partial charge is 0.455 e. The van der Waals surface area contributed by atoms with Crippen LogP contribution in [0.1, 0.15) is 24.1 Å². The molecule has 148 valence electrons. The summed E-state index contributed by atoms with van der Waals surface area (Å²) in [5.41, 5.74) is 1.76. The van der Waals surface area contributed by atoms with Gasteiger partial charge in [-0.2, -0.15) is 0 Å². The van der Waals surface area contributed by atoms with Crippen molar-refractivity contribution in [2.45, 2.75) is 19.4 Å². The normalized spacial score (nSPS) is 13.1. The Labute approximate surface area is 168 Å². The summed E-state index contributed by atoms with van der Waals surface area (Å²) in [6.07, 6.45) is 0.117. The van der Waals surface area contributed by atoms with Crippen molar-refractivity contribution in [1.29, 1.82) is 0 Å². The van der Waals surface area contributed by atoms with Gasteiger partial charge in [-0.15, -0.1) is 0 Å². The molecule has 0 saturated heterocycles. The Morgan fingerprint density at radius 2 is 1.83 bits per heavy atom. The summed E-state index contributed by atoms with van der Waals surface area (Å²) in [7, 11) is 0. The van der Waals surface area contributed by atoms with Gasteiger partial charge in [0.05, 0.1) is 12.5 Å². The minimum atomic E-state index is -0.438. The third-order valence-corrected chi connectivity index (χ3v) is 4.85. The molecule has 0 radical (unpaired) electrons. The van der Waals surface area contributed by atoms with Gasteiger partial charge in [0.1, 0.15) is 0 Å². The second-order valence-electron chi connectivity index (χ2n) is 6.88. The number of ether oxygens (including phenoxy) is 3. The lowest BCUT2D eigenvalue weighted by molar-refractivity contribution is -0.148. The summed E-state index contributed by atoms with van der Waals surface area (Å²) in [5, 5.41) is 4.89. The van der Waals surface area contributed by atoms with Gasteiger partial charge in [0.25, 0.3) is 5.91 Å². The van der Waals surface area contributed by atoms with Crippen molar-refractivity contribution >= 4 is 22.6 Å². The maximum atomic E-state index is 12.2. The highest BCUT2D eigenvalue weighted by atomic mass is 16.7. The lowest BCUT2D eigenvalue weighted by atomic mass is 10.0. The van der Waals surface area contributed by atoms with Gasteiger partial charge < -0.3 is 19.5 Å². The molecule has 1 amide bonds. The molecule has 0 bridgehead atoms. The first kappa shape index (κ1) is 18.8. The first-order valence-corrected chi connectivity index (χ1v) is 9.41. The van der Waals surface area contributed by atoms with E-state index in [2.05, 4.69) is 5.32 Å². The lowest BCUT2D eigenvalue weighted by Crippen LogP contribution is -2.31. The highest BCUT2D eigenvalue weighted by molar-refractivity contribution is 5.89. The molecule has 0 fully saturated rings. The SMILES string of the molecule is C[C@H](NC(=O)COC(=O)Cc1cccc2ccccc12)c1ccc2c(c1)OCO2. The Bertz CT molecular complexity index is 1060. The van der Waals surface area contributed by atoms with Crippen molar-refractivity contribution in [3.63, 3.8) is 0 Å². The van der Waals surface area contributed by atoms with E-state index in [1.807, 2.05) is 67.6 Å². The van der Waals surface area contributed by atoms with E-state index in [-0.39, 0.29) is 31.8 Å². The molecule has 6 nitrogen and oxygen atoms in total. The summed E-state index contributed by atoms with van der Waals surface area (Å²) in [5.74, 6) is 0.549. The van der Waals surface area contributed by atoms with Crippen LogP contribution >= 0.6 is 0 Å². The molecule has 6 heteroatoms. The van der Waals surface area contributed by atoms with E-state index >= 15 is 0 Å². The third-order valence-electron chi connectivity index (χ3n) is 4.85. The molecular weight excluding hydrogens is 370 g/mol. The van der Waals surface area contributed by atoms with Crippen molar-refractivity contribution in [3.8, 4) is 11.5 Å². The fourth-order valence-corrected chi connectivity index (χ4v) is 3.35.